The van der Waals surface area contributed by atoms with Crippen LogP contribution >= 0.6 is 12.2 Å². The Labute approximate surface area is 165 Å². The minimum atomic E-state index is -0.269. The van der Waals surface area contributed by atoms with E-state index in [0.717, 1.165) is 5.56 Å². The molecule has 0 aromatic heterocycles. The predicted octanol–water partition coefficient (Wildman–Crippen LogP) is 4.59. The molecule has 2 aromatic carbocycles. The minimum absolute atomic E-state index is 0.0593. The highest BCUT2D eigenvalue weighted by molar-refractivity contribution is 7.80. The molecule has 0 saturated carbocycles. The Morgan fingerprint density at radius 1 is 1.04 bits per heavy atom. The van der Waals surface area contributed by atoms with E-state index in [1.807, 2.05) is 31.2 Å². The molecule has 0 spiro atoms. The molecule has 0 fully saturated rings. The monoisotopic (exact) mass is 383 g/mol. The van der Waals surface area contributed by atoms with Crippen molar-refractivity contribution in [2.75, 3.05) is 10.6 Å². The van der Waals surface area contributed by atoms with Crippen molar-refractivity contribution in [2.45, 2.75) is 40.0 Å². The number of thiocarbonyl (C=S) groups is 1. The van der Waals surface area contributed by atoms with E-state index in [1.54, 1.807) is 25.1 Å². The molecule has 2 amide bonds. The Morgan fingerprint density at radius 3 is 2.30 bits per heavy atom. The Bertz CT molecular complexity index is 845. The second kappa shape index (κ2) is 9.28. The number of rotatable bonds is 5. The fourth-order valence-corrected chi connectivity index (χ4v) is 2.64. The number of nitrogens with one attached hydrogen (secondary N) is 3. The molecule has 0 bridgehead atoms. The molecule has 27 heavy (non-hydrogen) atoms. The number of aryl methyl sites for hydroxylation is 1. The number of carbonyl (C=O) groups excluding carboxylic acids is 2. The van der Waals surface area contributed by atoms with Crippen molar-refractivity contribution in [1.82, 2.24) is 5.32 Å². The van der Waals surface area contributed by atoms with Crippen LogP contribution in [-0.2, 0) is 4.79 Å². The topological polar surface area (TPSA) is 70.2 Å². The van der Waals surface area contributed by atoms with E-state index in [0.29, 0.717) is 29.3 Å². The second-order valence-electron chi connectivity index (χ2n) is 6.62. The van der Waals surface area contributed by atoms with Gasteiger partial charge in [0, 0.05) is 23.4 Å². The molecule has 0 aliphatic carbocycles. The quantitative estimate of drug-likeness (QED) is 0.660. The molecule has 2 rings (SSSR count). The predicted molar refractivity (Wildman–Crippen MR) is 114 cm³/mol. The largest absolute Gasteiger partial charge is 0.332 e. The number of amides is 2. The van der Waals surface area contributed by atoms with Crippen LogP contribution in [0.4, 0.5) is 11.4 Å². The molecule has 0 aliphatic heterocycles. The maximum Gasteiger partial charge on any atom is 0.257 e. The minimum Gasteiger partial charge on any atom is -0.332 e. The van der Waals surface area contributed by atoms with Gasteiger partial charge in [-0.3, -0.25) is 14.9 Å². The molecule has 5 nitrogen and oxygen atoms in total. The third-order valence-corrected chi connectivity index (χ3v) is 4.36. The average molecular weight is 384 g/mol. The number of carbonyl (C=O) groups is 2. The second-order valence-corrected chi connectivity index (χ2v) is 7.02. The number of anilines is 2. The highest BCUT2D eigenvalue weighted by atomic mass is 32.1. The molecule has 0 saturated heterocycles. The summed E-state index contributed by atoms with van der Waals surface area (Å²) in [6, 6.07) is 13.0. The first-order valence-corrected chi connectivity index (χ1v) is 9.33. The fraction of sp³-hybridized carbons (Fsp3) is 0.286. The summed E-state index contributed by atoms with van der Waals surface area (Å²) in [6.45, 7) is 7.92. The molecular formula is C21H25N3O2S. The van der Waals surface area contributed by atoms with Crippen molar-refractivity contribution in [1.29, 1.82) is 0 Å². The van der Waals surface area contributed by atoms with Gasteiger partial charge in [0.05, 0.1) is 0 Å². The maximum absolute atomic E-state index is 12.3. The first-order chi connectivity index (χ1) is 12.8. The lowest BCUT2D eigenvalue weighted by molar-refractivity contribution is -0.115. The molecule has 0 heterocycles. The van der Waals surface area contributed by atoms with E-state index in [-0.39, 0.29) is 16.9 Å². The summed E-state index contributed by atoms with van der Waals surface area (Å²) >= 11 is 5.24. The van der Waals surface area contributed by atoms with E-state index >= 15 is 0 Å². The summed E-state index contributed by atoms with van der Waals surface area (Å²) < 4.78 is 0. The van der Waals surface area contributed by atoms with Crippen molar-refractivity contribution < 1.29 is 9.59 Å². The van der Waals surface area contributed by atoms with E-state index in [1.165, 1.54) is 5.56 Å². The van der Waals surface area contributed by atoms with Crippen LogP contribution < -0.4 is 16.0 Å². The van der Waals surface area contributed by atoms with E-state index in [9.17, 15) is 9.59 Å². The molecule has 3 N–H and O–H groups in total. The standard InChI is InChI=1S/C21H25N3O2S/c1-5-19(25)23-18-12-17(11-6-14(18)4)22-21(27)24-20(26)16-9-7-15(8-10-16)13(2)3/h6-13H,5H2,1-4H3,(H,23,25)(H2,22,24,26,27). The Hall–Kier alpha value is -2.73. The summed E-state index contributed by atoms with van der Waals surface area (Å²) in [7, 11) is 0. The van der Waals surface area contributed by atoms with Crippen molar-refractivity contribution in [3.05, 3.63) is 59.2 Å². The van der Waals surface area contributed by atoms with Crippen LogP contribution in [0.15, 0.2) is 42.5 Å². The summed E-state index contributed by atoms with van der Waals surface area (Å²) in [6.07, 6.45) is 0.404. The smallest absolute Gasteiger partial charge is 0.257 e. The average Bonchev–Trinajstić information content (AvgIpc) is 2.64. The van der Waals surface area contributed by atoms with Crippen LogP contribution in [0, 0.1) is 6.92 Å². The first-order valence-electron chi connectivity index (χ1n) is 8.93. The molecular weight excluding hydrogens is 358 g/mol. The van der Waals surface area contributed by atoms with Crippen LogP contribution in [0.2, 0.25) is 0 Å². The lowest BCUT2D eigenvalue weighted by atomic mass is 10.0. The Morgan fingerprint density at radius 2 is 1.70 bits per heavy atom. The van der Waals surface area contributed by atoms with Gasteiger partial charge in [-0.05, 0) is 60.5 Å². The van der Waals surface area contributed by atoms with Crippen LogP contribution in [0.25, 0.3) is 0 Å². The summed E-state index contributed by atoms with van der Waals surface area (Å²) in [5, 5.41) is 8.70. The van der Waals surface area contributed by atoms with Crippen molar-refractivity contribution in [2.24, 2.45) is 0 Å². The molecule has 0 radical (unpaired) electrons. The van der Waals surface area contributed by atoms with Gasteiger partial charge < -0.3 is 10.6 Å². The zero-order chi connectivity index (χ0) is 20.0. The molecule has 142 valence electrons. The maximum atomic E-state index is 12.3. The van der Waals surface area contributed by atoms with Gasteiger partial charge >= 0.3 is 0 Å². The van der Waals surface area contributed by atoms with Crippen LogP contribution in [-0.4, -0.2) is 16.9 Å². The lowest BCUT2D eigenvalue weighted by Crippen LogP contribution is -2.34. The Kier molecular flexibility index (Phi) is 7.07. The van der Waals surface area contributed by atoms with E-state index in [4.69, 9.17) is 12.2 Å². The molecule has 0 atom stereocenters. The fourth-order valence-electron chi connectivity index (χ4n) is 2.43. The third kappa shape index (κ3) is 5.89. The van der Waals surface area contributed by atoms with Crippen molar-refractivity contribution in [3.8, 4) is 0 Å². The van der Waals surface area contributed by atoms with E-state index in [2.05, 4.69) is 29.8 Å². The van der Waals surface area contributed by atoms with Gasteiger partial charge in [0.25, 0.3) is 5.91 Å². The highest BCUT2D eigenvalue weighted by Gasteiger charge is 2.10. The zero-order valence-electron chi connectivity index (χ0n) is 16.1. The van der Waals surface area contributed by atoms with Gasteiger partial charge in [0.15, 0.2) is 5.11 Å². The first kappa shape index (κ1) is 20.6. The highest BCUT2D eigenvalue weighted by Crippen LogP contribution is 2.20. The summed E-state index contributed by atoms with van der Waals surface area (Å²) in [4.78, 5) is 24.0. The van der Waals surface area contributed by atoms with E-state index < -0.39 is 0 Å². The summed E-state index contributed by atoms with van der Waals surface area (Å²) in [5.41, 5.74) is 4.07. The third-order valence-electron chi connectivity index (χ3n) is 4.16. The van der Waals surface area contributed by atoms with Gasteiger partial charge in [0.2, 0.25) is 5.91 Å². The van der Waals surface area contributed by atoms with Crippen molar-refractivity contribution >= 4 is 40.5 Å². The van der Waals surface area contributed by atoms with Gasteiger partial charge in [-0.1, -0.05) is 39.0 Å². The summed E-state index contributed by atoms with van der Waals surface area (Å²) in [5.74, 6) is 0.0826. The molecule has 2 aromatic rings. The zero-order valence-corrected chi connectivity index (χ0v) is 16.9. The number of hydrogen-bond donors (Lipinski definition) is 3. The van der Waals surface area contributed by atoms with Crippen LogP contribution in [0.3, 0.4) is 0 Å². The normalized spacial score (nSPS) is 10.4. The molecule has 0 unspecified atom stereocenters. The molecule has 0 aliphatic rings. The van der Waals surface area contributed by atoms with Crippen molar-refractivity contribution in [3.63, 3.8) is 0 Å². The van der Waals surface area contributed by atoms with Gasteiger partial charge in [-0.2, -0.15) is 0 Å². The SMILES string of the molecule is CCC(=O)Nc1cc(NC(=S)NC(=O)c2ccc(C(C)C)cc2)ccc1C. The number of hydrogen-bond acceptors (Lipinski definition) is 3. The van der Waals surface area contributed by atoms with Crippen LogP contribution in [0.1, 0.15) is 54.6 Å². The molecule has 6 heteroatoms. The van der Waals surface area contributed by atoms with Crippen LogP contribution in [0.5, 0.6) is 0 Å². The number of benzene rings is 2. The lowest BCUT2D eigenvalue weighted by Gasteiger charge is -2.13. The van der Waals surface area contributed by atoms with Gasteiger partial charge in [-0.25, -0.2) is 0 Å². The Balaban J connectivity index is 2.01. The van der Waals surface area contributed by atoms with Gasteiger partial charge in [0.1, 0.15) is 0 Å². The van der Waals surface area contributed by atoms with Gasteiger partial charge in [-0.15, -0.1) is 0 Å².